The molecule has 0 radical (unpaired) electrons. The molecular weight excluding hydrogens is 327 g/mol. The summed E-state index contributed by atoms with van der Waals surface area (Å²) in [6, 6.07) is 9.28. The topological polar surface area (TPSA) is 42.5 Å². The molecule has 0 saturated heterocycles. The molecule has 0 aliphatic heterocycles. The molecule has 2 aromatic carbocycles. The number of nitrogens with one attached hydrogen (secondary N) is 2. The van der Waals surface area contributed by atoms with Crippen molar-refractivity contribution in [2.45, 2.75) is 0 Å². The summed E-state index contributed by atoms with van der Waals surface area (Å²) in [6.45, 7) is 0. The van der Waals surface area contributed by atoms with E-state index in [1.165, 1.54) is 26.4 Å². The number of rotatable bonds is 4. The maximum absolute atomic E-state index is 13.2. The van der Waals surface area contributed by atoms with Crippen LogP contribution in [0.15, 0.2) is 36.4 Å². The predicted octanol–water partition coefficient (Wildman–Crippen LogP) is 4.31. The smallest absolute Gasteiger partial charge is 0.175 e. The Morgan fingerprint density at radius 3 is 2.45 bits per heavy atom. The first-order valence-electron chi connectivity index (χ1n) is 6.28. The third-order valence-electron chi connectivity index (χ3n) is 2.80. The van der Waals surface area contributed by atoms with Crippen molar-refractivity contribution in [1.82, 2.24) is 0 Å². The van der Waals surface area contributed by atoms with Crippen molar-refractivity contribution >= 4 is 40.3 Å². The maximum atomic E-state index is 13.2. The lowest BCUT2D eigenvalue weighted by Gasteiger charge is -2.15. The molecule has 0 spiro atoms. The van der Waals surface area contributed by atoms with Crippen LogP contribution in [0.4, 0.5) is 15.8 Å². The van der Waals surface area contributed by atoms with Crippen LogP contribution < -0.4 is 20.1 Å². The first kappa shape index (κ1) is 16.3. The molecule has 2 rings (SSSR count). The highest BCUT2D eigenvalue weighted by molar-refractivity contribution is 7.80. The van der Waals surface area contributed by atoms with E-state index in [0.717, 1.165) is 0 Å². The number of hydrogen-bond donors (Lipinski definition) is 2. The largest absolute Gasteiger partial charge is 0.495 e. The van der Waals surface area contributed by atoms with Gasteiger partial charge in [0.15, 0.2) is 5.11 Å². The summed E-state index contributed by atoms with van der Waals surface area (Å²) >= 11 is 11.2. The van der Waals surface area contributed by atoms with E-state index < -0.39 is 0 Å². The third-order valence-corrected chi connectivity index (χ3v) is 3.30. The van der Waals surface area contributed by atoms with Gasteiger partial charge in [0.2, 0.25) is 0 Å². The molecule has 4 nitrogen and oxygen atoms in total. The number of ether oxygens (including phenoxy) is 2. The molecule has 22 heavy (non-hydrogen) atoms. The predicted molar refractivity (Wildman–Crippen MR) is 90.8 cm³/mol. The normalized spacial score (nSPS) is 10.0. The Morgan fingerprint density at radius 1 is 1.09 bits per heavy atom. The Bertz CT molecular complexity index is 697. The van der Waals surface area contributed by atoms with Crippen LogP contribution in [0.25, 0.3) is 0 Å². The maximum Gasteiger partial charge on any atom is 0.175 e. The van der Waals surface area contributed by atoms with Gasteiger partial charge in [-0.1, -0.05) is 17.7 Å². The second kappa shape index (κ2) is 7.29. The molecule has 116 valence electrons. The number of hydrogen-bond acceptors (Lipinski definition) is 3. The van der Waals surface area contributed by atoms with Gasteiger partial charge in [-0.25, -0.2) is 4.39 Å². The highest BCUT2D eigenvalue weighted by Gasteiger charge is 2.11. The fourth-order valence-corrected chi connectivity index (χ4v) is 2.27. The van der Waals surface area contributed by atoms with Crippen LogP contribution in [0, 0.1) is 5.82 Å². The molecule has 7 heteroatoms. The minimum absolute atomic E-state index is 0.285. The zero-order valence-electron chi connectivity index (χ0n) is 11.9. The van der Waals surface area contributed by atoms with Crippen LogP contribution in [-0.2, 0) is 0 Å². The Balaban J connectivity index is 2.17. The van der Waals surface area contributed by atoms with Crippen molar-refractivity contribution in [3.05, 3.63) is 47.2 Å². The fourth-order valence-electron chi connectivity index (χ4n) is 1.81. The first-order chi connectivity index (χ1) is 10.5. The lowest BCUT2D eigenvalue weighted by Crippen LogP contribution is -2.19. The zero-order chi connectivity index (χ0) is 16.1. The van der Waals surface area contributed by atoms with Gasteiger partial charge in [-0.05, 0) is 30.4 Å². The van der Waals surface area contributed by atoms with Gasteiger partial charge in [0.25, 0.3) is 0 Å². The summed E-state index contributed by atoms with van der Waals surface area (Å²) in [4.78, 5) is 0. The van der Waals surface area contributed by atoms with Gasteiger partial charge in [0, 0.05) is 17.8 Å². The van der Waals surface area contributed by atoms with Crippen LogP contribution >= 0.6 is 23.8 Å². The number of methoxy groups -OCH3 is 2. The van der Waals surface area contributed by atoms with Crippen LogP contribution in [0.2, 0.25) is 5.02 Å². The molecule has 0 aliphatic rings. The van der Waals surface area contributed by atoms with E-state index in [4.69, 9.17) is 33.3 Å². The Morgan fingerprint density at radius 2 is 1.82 bits per heavy atom. The summed E-state index contributed by atoms with van der Waals surface area (Å²) < 4.78 is 23.6. The van der Waals surface area contributed by atoms with E-state index in [9.17, 15) is 4.39 Å². The van der Waals surface area contributed by atoms with Gasteiger partial charge in [-0.3, -0.25) is 0 Å². The van der Waals surface area contributed by atoms with Crippen molar-refractivity contribution < 1.29 is 13.9 Å². The summed E-state index contributed by atoms with van der Waals surface area (Å²) in [5.74, 6) is 0.645. The van der Waals surface area contributed by atoms with E-state index in [-0.39, 0.29) is 10.9 Å². The fraction of sp³-hybridized carbons (Fsp3) is 0.133. The van der Waals surface area contributed by atoms with E-state index in [2.05, 4.69) is 10.6 Å². The summed E-state index contributed by atoms with van der Waals surface area (Å²) in [6.07, 6.45) is 0. The highest BCUT2D eigenvalue weighted by atomic mass is 35.5. The lowest BCUT2D eigenvalue weighted by atomic mass is 10.2. The Hall–Kier alpha value is -2.05. The molecule has 0 bridgehead atoms. The van der Waals surface area contributed by atoms with Gasteiger partial charge in [0.05, 0.1) is 24.9 Å². The van der Waals surface area contributed by atoms with E-state index in [1.807, 2.05) is 0 Å². The molecule has 0 amide bonds. The van der Waals surface area contributed by atoms with Gasteiger partial charge in [-0.2, -0.15) is 0 Å². The lowest BCUT2D eigenvalue weighted by molar-refractivity contribution is 0.405. The van der Waals surface area contributed by atoms with Gasteiger partial charge in [0.1, 0.15) is 17.3 Å². The number of anilines is 2. The Labute approximate surface area is 138 Å². The summed E-state index contributed by atoms with van der Waals surface area (Å²) in [5.41, 5.74) is 1.12. The SMILES string of the molecule is COc1cc(NC(=S)Nc2cccc(F)c2)c(OC)cc1Cl. The Kier molecular flexibility index (Phi) is 5.41. The standard InChI is InChI=1S/C15H14ClFN2O2S/c1-20-13-8-12(14(21-2)7-11(13)16)19-15(22)18-10-5-3-4-9(17)6-10/h3-8H,1-2H3,(H2,18,19,22). The molecule has 0 heterocycles. The minimum atomic E-state index is -0.349. The van der Waals surface area contributed by atoms with Crippen LogP contribution in [0.1, 0.15) is 0 Å². The quantitative estimate of drug-likeness (QED) is 0.812. The number of halogens is 2. The van der Waals surface area contributed by atoms with Crippen molar-refractivity contribution in [3.8, 4) is 11.5 Å². The molecule has 0 aromatic heterocycles. The minimum Gasteiger partial charge on any atom is -0.495 e. The van der Waals surface area contributed by atoms with Crippen molar-refractivity contribution in [1.29, 1.82) is 0 Å². The molecule has 0 fully saturated rings. The summed E-state index contributed by atoms with van der Waals surface area (Å²) in [7, 11) is 3.03. The molecule has 0 atom stereocenters. The van der Waals surface area contributed by atoms with Crippen LogP contribution in [0.5, 0.6) is 11.5 Å². The first-order valence-corrected chi connectivity index (χ1v) is 7.07. The molecule has 0 aliphatic carbocycles. The number of thiocarbonyl (C=S) groups is 1. The van der Waals surface area contributed by atoms with Crippen LogP contribution in [-0.4, -0.2) is 19.3 Å². The highest BCUT2D eigenvalue weighted by Crippen LogP contribution is 2.35. The molecule has 0 unspecified atom stereocenters. The second-order valence-electron chi connectivity index (χ2n) is 4.28. The van der Waals surface area contributed by atoms with Crippen molar-refractivity contribution in [2.75, 3.05) is 24.9 Å². The molecular formula is C15H14ClFN2O2S. The second-order valence-corrected chi connectivity index (χ2v) is 5.09. The molecule has 2 aromatic rings. The average Bonchev–Trinajstić information content (AvgIpc) is 2.48. The monoisotopic (exact) mass is 340 g/mol. The third kappa shape index (κ3) is 3.99. The zero-order valence-corrected chi connectivity index (χ0v) is 13.5. The van der Waals surface area contributed by atoms with Gasteiger partial charge >= 0.3 is 0 Å². The summed E-state index contributed by atoms with van der Waals surface area (Å²) in [5, 5.41) is 6.56. The number of benzene rings is 2. The van der Waals surface area contributed by atoms with Crippen LogP contribution in [0.3, 0.4) is 0 Å². The molecule has 2 N–H and O–H groups in total. The molecule has 0 saturated carbocycles. The van der Waals surface area contributed by atoms with E-state index >= 15 is 0 Å². The van der Waals surface area contributed by atoms with Crippen molar-refractivity contribution in [3.63, 3.8) is 0 Å². The van der Waals surface area contributed by atoms with E-state index in [0.29, 0.717) is 27.9 Å². The van der Waals surface area contributed by atoms with E-state index in [1.54, 1.807) is 24.3 Å². The van der Waals surface area contributed by atoms with Gasteiger partial charge < -0.3 is 20.1 Å². The van der Waals surface area contributed by atoms with Crippen molar-refractivity contribution in [2.24, 2.45) is 0 Å². The average molecular weight is 341 g/mol. The van der Waals surface area contributed by atoms with Gasteiger partial charge in [-0.15, -0.1) is 0 Å².